The van der Waals surface area contributed by atoms with Crippen LogP contribution in [0.4, 0.5) is 0 Å². The van der Waals surface area contributed by atoms with Gasteiger partial charge in [0.2, 0.25) is 0 Å². The second-order valence-corrected chi connectivity index (χ2v) is 8.26. The Morgan fingerprint density at radius 1 is 0.909 bits per heavy atom. The van der Waals surface area contributed by atoms with E-state index in [4.69, 9.17) is 23.2 Å². The molecule has 1 aromatic heterocycles. The fourth-order valence-corrected chi connectivity index (χ4v) is 4.11. The van der Waals surface area contributed by atoms with Crippen LogP contribution in [0.25, 0.3) is 16.5 Å². The average Bonchev–Trinajstić information content (AvgIpc) is 2.78. The molecule has 0 radical (unpaired) electrons. The number of benzene rings is 3. The predicted octanol–water partition coefficient (Wildman–Crippen LogP) is 4.72. The van der Waals surface area contributed by atoms with Crippen LogP contribution >= 0.6 is 23.2 Å². The summed E-state index contributed by atoms with van der Waals surface area (Å²) in [7, 11) is 0. The van der Waals surface area contributed by atoms with Crippen molar-refractivity contribution in [2.45, 2.75) is 12.5 Å². The monoisotopic (exact) mass is 480 g/mol. The first kappa shape index (κ1) is 22.6. The Labute approximate surface area is 199 Å². The number of hydrogen-bond acceptors (Lipinski definition) is 3. The van der Waals surface area contributed by atoms with Gasteiger partial charge in [0, 0.05) is 24.4 Å². The lowest BCUT2D eigenvalue weighted by atomic mass is 10.0. The zero-order chi connectivity index (χ0) is 23.5. The highest BCUT2D eigenvalue weighted by Crippen LogP contribution is 2.24. The highest BCUT2D eigenvalue weighted by Gasteiger charge is 2.23. The number of nitrogens with zero attached hydrogens (tertiary/aromatic N) is 1. The van der Waals surface area contributed by atoms with Crippen molar-refractivity contribution in [2.75, 3.05) is 0 Å². The number of nitrogens with one attached hydrogen (secondary N) is 1. The highest BCUT2D eigenvalue weighted by molar-refractivity contribution is 6.39. The molecule has 4 aromatic rings. The van der Waals surface area contributed by atoms with Crippen molar-refractivity contribution in [3.63, 3.8) is 0 Å². The minimum absolute atomic E-state index is 0.0260. The van der Waals surface area contributed by atoms with Crippen LogP contribution in [-0.4, -0.2) is 27.6 Å². The number of pyridine rings is 1. The number of fused-ring (bicyclic) bond motifs is 1. The van der Waals surface area contributed by atoms with Gasteiger partial charge in [-0.25, -0.2) is 4.79 Å². The smallest absolute Gasteiger partial charge is 0.326 e. The molecule has 1 atom stereocenters. The zero-order valence-corrected chi connectivity index (χ0v) is 18.7. The van der Waals surface area contributed by atoms with Gasteiger partial charge in [0.05, 0.1) is 15.6 Å². The molecule has 0 aliphatic heterocycles. The second-order valence-electron chi connectivity index (χ2n) is 7.44. The summed E-state index contributed by atoms with van der Waals surface area (Å²) < 4.78 is 1.53. The fraction of sp³-hybridized carbons (Fsp3) is 0.0800. The van der Waals surface area contributed by atoms with Crippen LogP contribution in [0.2, 0.25) is 10.0 Å². The summed E-state index contributed by atoms with van der Waals surface area (Å²) in [6, 6.07) is 19.5. The Morgan fingerprint density at radius 3 is 2.18 bits per heavy atom. The first-order valence-electron chi connectivity index (χ1n) is 10.0. The minimum atomic E-state index is -1.20. The Balaban J connectivity index is 1.55. The van der Waals surface area contributed by atoms with Crippen LogP contribution in [0, 0.1) is 0 Å². The van der Waals surface area contributed by atoms with Crippen molar-refractivity contribution < 1.29 is 14.7 Å². The largest absolute Gasteiger partial charge is 0.480 e. The third-order valence-electron chi connectivity index (χ3n) is 5.23. The molecule has 0 saturated carbocycles. The number of rotatable bonds is 6. The Hall–Kier alpha value is -3.61. The Bertz CT molecular complexity index is 1390. The number of aliphatic carboxylic acids is 1. The van der Waals surface area contributed by atoms with Crippen LogP contribution in [0.15, 0.2) is 83.8 Å². The molecule has 8 heteroatoms. The van der Waals surface area contributed by atoms with E-state index >= 15 is 0 Å². The lowest BCUT2D eigenvalue weighted by molar-refractivity contribution is -0.139. The molecular weight excluding hydrogens is 463 g/mol. The molecule has 2 N–H and O–H groups in total. The summed E-state index contributed by atoms with van der Waals surface area (Å²) in [4.78, 5) is 36.9. The molecule has 4 rings (SSSR count). The quantitative estimate of drug-likeness (QED) is 0.417. The van der Waals surface area contributed by atoms with Gasteiger partial charge < -0.3 is 10.4 Å². The molecule has 166 valence electrons. The lowest BCUT2D eigenvalue weighted by Gasteiger charge is -2.16. The zero-order valence-electron chi connectivity index (χ0n) is 17.2. The summed E-state index contributed by atoms with van der Waals surface area (Å²) in [5.74, 6) is -1.86. The van der Waals surface area contributed by atoms with Gasteiger partial charge in [-0.1, -0.05) is 65.7 Å². The van der Waals surface area contributed by atoms with E-state index in [1.165, 1.54) is 16.7 Å². The summed E-state index contributed by atoms with van der Waals surface area (Å²) in [6.07, 6.45) is 1.80. The number of aromatic nitrogens is 1. The first-order valence-corrected chi connectivity index (χ1v) is 10.8. The van der Waals surface area contributed by atoms with Gasteiger partial charge in [-0.05, 0) is 40.6 Å². The molecule has 3 aromatic carbocycles. The van der Waals surface area contributed by atoms with Gasteiger partial charge >= 0.3 is 5.97 Å². The van der Waals surface area contributed by atoms with Crippen LogP contribution in [0.5, 0.6) is 0 Å². The summed E-state index contributed by atoms with van der Waals surface area (Å²) in [5.41, 5.74) is 1.17. The SMILES string of the molecule is O=C(N[C@@H](Cc1ccc(-n2cc3ccccc3cc2=O)cc1)C(=O)O)c1c(Cl)cccc1Cl. The number of carbonyl (C=O) groups is 2. The van der Waals surface area contributed by atoms with E-state index in [1.54, 1.807) is 42.6 Å². The van der Waals surface area contributed by atoms with E-state index in [1.807, 2.05) is 24.3 Å². The number of amides is 1. The molecule has 0 aliphatic rings. The molecule has 0 spiro atoms. The van der Waals surface area contributed by atoms with Crippen LogP contribution < -0.4 is 10.9 Å². The van der Waals surface area contributed by atoms with Gasteiger partial charge in [-0.2, -0.15) is 0 Å². The summed E-state index contributed by atoms with van der Waals surface area (Å²) in [6.45, 7) is 0. The number of halogens is 2. The molecule has 0 bridgehead atoms. The standard InChI is InChI=1S/C25H18Cl2N2O4/c26-19-6-3-7-20(27)23(19)24(31)28-21(25(32)33)12-15-8-10-18(11-9-15)29-14-17-5-2-1-4-16(17)13-22(29)30/h1-11,13-14,21H,12H2,(H,28,31)(H,32,33)/t21-/m0/s1. The maximum absolute atomic E-state index is 12.6. The third kappa shape index (κ3) is 4.92. The fourth-order valence-electron chi connectivity index (χ4n) is 3.54. The van der Waals surface area contributed by atoms with Crippen molar-refractivity contribution in [2.24, 2.45) is 0 Å². The van der Waals surface area contributed by atoms with Crippen LogP contribution in [0.3, 0.4) is 0 Å². The van der Waals surface area contributed by atoms with Crippen molar-refractivity contribution >= 4 is 45.9 Å². The van der Waals surface area contributed by atoms with E-state index in [0.717, 1.165) is 10.8 Å². The molecule has 33 heavy (non-hydrogen) atoms. The number of hydrogen-bond donors (Lipinski definition) is 2. The van der Waals surface area contributed by atoms with Gasteiger partial charge in [0.1, 0.15) is 6.04 Å². The number of carbonyl (C=O) groups excluding carboxylic acids is 1. The average molecular weight is 481 g/mol. The third-order valence-corrected chi connectivity index (χ3v) is 5.86. The predicted molar refractivity (Wildman–Crippen MR) is 129 cm³/mol. The van der Waals surface area contributed by atoms with E-state index in [-0.39, 0.29) is 27.6 Å². The molecule has 0 saturated heterocycles. The summed E-state index contributed by atoms with van der Waals surface area (Å²) >= 11 is 12.1. The maximum Gasteiger partial charge on any atom is 0.326 e. The lowest BCUT2D eigenvalue weighted by Crippen LogP contribution is -2.42. The Morgan fingerprint density at radius 2 is 1.55 bits per heavy atom. The van der Waals surface area contributed by atoms with Crippen LogP contribution in [-0.2, 0) is 11.2 Å². The van der Waals surface area contributed by atoms with Crippen LogP contribution in [0.1, 0.15) is 15.9 Å². The second kappa shape index (κ2) is 9.48. The van der Waals surface area contributed by atoms with Crippen molar-refractivity contribution in [1.82, 2.24) is 9.88 Å². The molecule has 1 heterocycles. The molecule has 6 nitrogen and oxygen atoms in total. The van der Waals surface area contributed by atoms with Crippen molar-refractivity contribution in [3.8, 4) is 5.69 Å². The highest BCUT2D eigenvalue weighted by atomic mass is 35.5. The van der Waals surface area contributed by atoms with E-state index in [0.29, 0.717) is 11.3 Å². The molecule has 1 amide bonds. The normalized spacial score (nSPS) is 11.8. The maximum atomic E-state index is 12.6. The summed E-state index contributed by atoms with van der Waals surface area (Å²) in [5, 5.41) is 14.1. The first-order chi connectivity index (χ1) is 15.8. The Kier molecular flexibility index (Phi) is 6.49. The van der Waals surface area contributed by atoms with E-state index in [9.17, 15) is 19.5 Å². The van der Waals surface area contributed by atoms with Gasteiger partial charge in [-0.15, -0.1) is 0 Å². The van der Waals surface area contributed by atoms with Gasteiger partial charge in [-0.3, -0.25) is 14.2 Å². The molecular formula is C25H18Cl2N2O4. The number of carboxylic acids is 1. The van der Waals surface area contributed by atoms with Gasteiger partial charge in [0.25, 0.3) is 11.5 Å². The van der Waals surface area contributed by atoms with Crippen molar-refractivity contribution in [1.29, 1.82) is 0 Å². The van der Waals surface area contributed by atoms with E-state index in [2.05, 4.69) is 5.32 Å². The molecule has 0 fully saturated rings. The minimum Gasteiger partial charge on any atom is -0.480 e. The van der Waals surface area contributed by atoms with Gasteiger partial charge in [0.15, 0.2) is 0 Å². The number of carboxylic acid groups (broad SMARTS) is 1. The molecule has 0 unspecified atom stereocenters. The topological polar surface area (TPSA) is 88.4 Å². The van der Waals surface area contributed by atoms with E-state index < -0.39 is 17.9 Å². The molecule has 0 aliphatic carbocycles. The van der Waals surface area contributed by atoms with Crippen molar-refractivity contribution in [3.05, 3.63) is 111 Å².